The van der Waals surface area contributed by atoms with Gasteiger partial charge in [0.2, 0.25) is 0 Å². The van der Waals surface area contributed by atoms with Crippen LogP contribution in [0.3, 0.4) is 0 Å². The number of carbonyl (C=O) groups is 1. The van der Waals surface area contributed by atoms with E-state index >= 15 is 0 Å². The third kappa shape index (κ3) is 4.03. The quantitative estimate of drug-likeness (QED) is 0.469. The van der Waals surface area contributed by atoms with Gasteiger partial charge in [0, 0.05) is 24.7 Å². The van der Waals surface area contributed by atoms with E-state index in [1.807, 2.05) is 0 Å². The van der Waals surface area contributed by atoms with Crippen LogP contribution in [0, 0.1) is 10.1 Å². The minimum atomic E-state index is -0.407. The Hall–Kier alpha value is -1.95. The van der Waals surface area contributed by atoms with Crippen LogP contribution in [0.15, 0.2) is 24.3 Å². The van der Waals surface area contributed by atoms with Gasteiger partial charge >= 0.3 is 0 Å². The fourth-order valence-corrected chi connectivity index (χ4v) is 2.22. The van der Waals surface area contributed by atoms with Crippen LogP contribution < -0.4 is 5.32 Å². The van der Waals surface area contributed by atoms with Crippen LogP contribution in [0.5, 0.6) is 0 Å². The highest BCUT2D eigenvalue weighted by atomic mass is 16.6. The van der Waals surface area contributed by atoms with Crippen LogP contribution in [-0.2, 0) is 11.3 Å². The largest absolute Gasteiger partial charge is 0.354 e. The molecular weight excluding hydrogens is 258 g/mol. The van der Waals surface area contributed by atoms with Crippen molar-refractivity contribution in [2.45, 2.75) is 20.4 Å². The van der Waals surface area contributed by atoms with Gasteiger partial charge in [-0.1, -0.05) is 0 Å². The summed E-state index contributed by atoms with van der Waals surface area (Å²) in [5.74, 6) is 0.00983. The molecule has 6 heteroatoms. The first-order valence-electron chi connectivity index (χ1n) is 6.75. The third-order valence-electron chi connectivity index (χ3n) is 3.76. The van der Waals surface area contributed by atoms with Crippen molar-refractivity contribution in [1.82, 2.24) is 5.32 Å². The van der Waals surface area contributed by atoms with Crippen LogP contribution in [0.25, 0.3) is 0 Å². The standard InChI is InChI=1S/C14H21N3O3/c1-4-17(5-2,11-14(18)15-3)10-12-6-8-13(9-7-12)16(19)20/h6-9H,4-5,10-11H2,1-3H3/p+1. The van der Waals surface area contributed by atoms with Crippen molar-refractivity contribution in [2.75, 3.05) is 26.7 Å². The molecule has 0 aliphatic rings. The first-order chi connectivity index (χ1) is 9.46. The molecule has 0 aliphatic heterocycles. The Bertz CT molecular complexity index is 467. The molecule has 1 aromatic rings. The topological polar surface area (TPSA) is 72.2 Å². The summed E-state index contributed by atoms with van der Waals surface area (Å²) in [7, 11) is 1.63. The average molecular weight is 280 g/mol. The normalized spacial score (nSPS) is 11.2. The summed E-state index contributed by atoms with van der Waals surface area (Å²) in [6.07, 6.45) is 0. The highest BCUT2D eigenvalue weighted by Gasteiger charge is 2.27. The van der Waals surface area contributed by atoms with Crippen LogP contribution in [0.4, 0.5) is 5.69 Å². The lowest BCUT2D eigenvalue weighted by molar-refractivity contribution is -0.930. The number of amides is 1. The van der Waals surface area contributed by atoms with E-state index in [1.165, 1.54) is 12.1 Å². The van der Waals surface area contributed by atoms with Crippen LogP contribution in [0.1, 0.15) is 19.4 Å². The van der Waals surface area contributed by atoms with Gasteiger partial charge in [0.25, 0.3) is 11.6 Å². The van der Waals surface area contributed by atoms with Crippen LogP contribution >= 0.6 is 0 Å². The van der Waals surface area contributed by atoms with Crippen molar-refractivity contribution < 1.29 is 14.2 Å². The van der Waals surface area contributed by atoms with E-state index in [1.54, 1.807) is 19.2 Å². The zero-order chi connectivity index (χ0) is 15.2. The summed E-state index contributed by atoms with van der Waals surface area (Å²) < 4.78 is 0.636. The summed E-state index contributed by atoms with van der Waals surface area (Å²) in [5.41, 5.74) is 1.09. The number of rotatable bonds is 7. The lowest BCUT2D eigenvalue weighted by atomic mass is 10.1. The first kappa shape index (κ1) is 16.1. The second-order valence-corrected chi connectivity index (χ2v) is 4.89. The summed E-state index contributed by atoms with van der Waals surface area (Å²) in [4.78, 5) is 21.9. The van der Waals surface area contributed by atoms with Crippen LogP contribution in [0.2, 0.25) is 0 Å². The molecule has 0 spiro atoms. The number of nitrogens with one attached hydrogen (secondary N) is 1. The summed E-state index contributed by atoms with van der Waals surface area (Å²) >= 11 is 0. The fourth-order valence-electron chi connectivity index (χ4n) is 2.22. The van der Waals surface area contributed by atoms with Gasteiger partial charge in [-0.3, -0.25) is 14.9 Å². The van der Waals surface area contributed by atoms with E-state index < -0.39 is 4.92 Å². The molecule has 0 saturated heterocycles. The second-order valence-electron chi connectivity index (χ2n) is 4.89. The number of quaternary nitrogens is 1. The van der Waals surface area contributed by atoms with E-state index in [2.05, 4.69) is 19.2 Å². The number of benzene rings is 1. The highest BCUT2D eigenvalue weighted by molar-refractivity contribution is 5.76. The smallest absolute Gasteiger partial charge is 0.275 e. The van der Waals surface area contributed by atoms with Crippen molar-refractivity contribution in [3.05, 3.63) is 39.9 Å². The maximum Gasteiger partial charge on any atom is 0.275 e. The number of likely N-dealkylation sites (N-methyl/N-ethyl adjacent to an activating group) is 2. The molecule has 0 atom stereocenters. The molecule has 0 saturated carbocycles. The van der Waals surface area contributed by atoms with Gasteiger partial charge < -0.3 is 9.80 Å². The SMILES string of the molecule is CC[N+](CC)(CC(=O)NC)Cc1ccc([N+](=O)[O-])cc1. The van der Waals surface area contributed by atoms with Gasteiger partial charge in [0.15, 0.2) is 6.54 Å². The molecule has 110 valence electrons. The molecule has 0 unspecified atom stereocenters. The maximum absolute atomic E-state index is 11.7. The maximum atomic E-state index is 11.7. The third-order valence-corrected chi connectivity index (χ3v) is 3.76. The number of nitrogens with zero attached hydrogens (tertiary/aromatic N) is 2. The minimum absolute atomic E-state index is 0.00983. The molecule has 0 aromatic heterocycles. The lowest BCUT2D eigenvalue weighted by Crippen LogP contribution is -2.52. The van der Waals surface area contributed by atoms with E-state index in [-0.39, 0.29) is 11.6 Å². The summed E-state index contributed by atoms with van der Waals surface area (Å²) in [6.45, 7) is 6.89. The van der Waals surface area contributed by atoms with Gasteiger partial charge in [-0.2, -0.15) is 0 Å². The Morgan fingerprint density at radius 3 is 2.20 bits per heavy atom. The molecule has 1 aromatic carbocycles. The van der Waals surface area contributed by atoms with Crippen molar-refractivity contribution in [3.63, 3.8) is 0 Å². The molecule has 1 N–H and O–H groups in total. The number of hydrogen-bond donors (Lipinski definition) is 1. The van der Waals surface area contributed by atoms with Crippen molar-refractivity contribution in [2.24, 2.45) is 0 Å². The van der Waals surface area contributed by atoms with Crippen LogP contribution in [-0.4, -0.2) is 42.0 Å². The molecule has 6 nitrogen and oxygen atoms in total. The zero-order valence-corrected chi connectivity index (χ0v) is 12.3. The van der Waals surface area contributed by atoms with E-state index in [0.29, 0.717) is 17.6 Å². The number of hydrogen-bond acceptors (Lipinski definition) is 3. The predicted octanol–water partition coefficient (Wildman–Crippen LogP) is 1.70. The molecular formula is C14H22N3O3+. The van der Waals surface area contributed by atoms with Gasteiger partial charge in [-0.15, -0.1) is 0 Å². The first-order valence-corrected chi connectivity index (χ1v) is 6.75. The molecule has 0 fully saturated rings. The van der Waals surface area contributed by atoms with Crippen molar-refractivity contribution in [3.8, 4) is 0 Å². The molecule has 0 aliphatic carbocycles. The van der Waals surface area contributed by atoms with E-state index in [9.17, 15) is 14.9 Å². The number of nitro benzene ring substituents is 1. The Balaban J connectivity index is 2.89. The molecule has 1 rings (SSSR count). The van der Waals surface area contributed by atoms with E-state index in [0.717, 1.165) is 18.7 Å². The number of nitro groups is 1. The lowest BCUT2D eigenvalue weighted by Gasteiger charge is -2.36. The predicted molar refractivity (Wildman–Crippen MR) is 77.1 cm³/mol. The van der Waals surface area contributed by atoms with Gasteiger partial charge in [-0.25, -0.2) is 0 Å². The fraction of sp³-hybridized carbons (Fsp3) is 0.500. The van der Waals surface area contributed by atoms with Gasteiger partial charge in [0.05, 0.1) is 18.0 Å². The molecule has 20 heavy (non-hydrogen) atoms. The van der Waals surface area contributed by atoms with Gasteiger partial charge in [0.1, 0.15) is 6.54 Å². The number of non-ortho nitro benzene ring substituents is 1. The molecule has 0 heterocycles. The number of carbonyl (C=O) groups excluding carboxylic acids is 1. The molecule has 1 amide bonds. The Morgan fingerprint density at radius 2 is 1.80 bits per heavy atom. The Morgan fingerprint density at radius 1 is 1.25 bits per heavy atom. The van der Waals surface area contributed by atoms with E-state index in [4.69, 9.17) is 0 Å². The monoisotopic (exact) mass is 280 g/mol. The summed E-state index contributed by atoms with van der Waals surface area (Å²) in [6, 6.07) is 6.55. The Labute approximate surface area is 119 Å². The molecule has 0 radical (unpaired) electrons. The summed E-state index contributed by atoms with van der Waals surface area (Å²) in [5, 5.41) is 13.3. The zero-order valence-electron chi connectivity index (χ0n) is 12.3. The van der Waals surface area contributed by atoms with Crippen molar-refractivity contribution in [1.29, 1.82) is 0 Å². The minimum Gasteiger partial charge on any atom is -0.354 e. The average Bonchev–Trinajstić information content (AvgIpc) is 2.46. The van der Waals surface area contributed by atoms with Gasteiger partial charge in [-0.05, 0) is 26.0 Å². The Kier molecular flexibility index (Phi) is 5.64. The highest BCUT2D eigenvalue weighted by Crippen LogP contribution is 2.17. The van der Waals surface area contributed by atoms with Crippen molar-refractivity contribution >= 4 is 11.6 Å². The molecule has 0 bridgehead atoms. The second kappa shape index (κ2) is 7.00.